The molecule has 0 saturated heterocycles. The number of hydrogen-bond acceptors (Lipinski definition) is 4. The molecule has 0 aliphatic heterocycles. The fourth-order valence-electron chi connectivity index (χ4n) is 1.19. The summed E-state index contributed by atoms with van der Waals surface area (Å²) in [6.07, 6.45) is -0.854. The Morgan fingerprint density at radius 3 is 2.61 bits per heavy atom. The van der Waals surface area contributed by atoms with Crippen LogP contribution in [0.3, 0.4) is 0 Å². The molecular weight excluding hydrogens is 250 g/mol. The van der Waals surface area contributed by atoms with Crippen molar-refractivity contribution >= 4 is 11.6 Å². The van der Waals surface area contributed by atoms with Gasteiger partial charge >= 0.3 is 5.69 Å². The number of benzene rings is 1. The maximum Gasteiger partial charge on any atom is 0.305 e. The highest BCUT2D eigenvalue weighted by molar-refractivity contribution is 5.95. The minimum Gasteiger partial charge on any atom is -0.392 e. The van der Waals surface area contributed by atoms with Gasteiger partial charge in [-0.05, 0) is 6.92 Å². The standard InChI is InChI=1S/C10H10F2N2O4/c1-5(15)4-13-10(16)6-2-9(14(17)18)8(12)3-7(6)11/h2-3,5,15H,4H2,1H3,(H,13,16)/t5-/m0/s1. The minimum absolute atomic E-state index is 0.149. The maximum atomic E-state index is 13.3. The third-order valence-electron chi connectivity index (χ3n) is 2.04. The molecule has 0 heterocycles. The van der Waals surface area contributed by atoms with Crippen molar-refractivity contribution in [1.29, 1.82) is 0 Å². The van der Waals surface area contributed by atoms with Crippen LogP contribution in [-0.2, 0) is 0 Å². The summed E-state index contributed by atoms with van der Waals surface area (Å²) in [5.41, 5.74) is -1.64. The first kappa shape index (κ1) is 14.0. The van der Waals surface area contributed by atoms with E-state index in [-0.39, 0.29) is 12.6 Å². The molecule has 0 saturated carbocycles. The van der Waals surface area contributed by atoms with Gasteiger partial charge < -0.3 is 10.4 Å². The fraction of sp³-hybridized carbons (Fsp3) is 0.300. The van der Waals surface area contributed by atoms with Gasteiger partial charge in [0.25, 0.3) is 5.91 Å². The van der Waals surface area contributed by atoms with E-state index < -0.39 is 39.8 Å². The molecule has 0 fully saturated rings. The van der Waals surface area contributed by atoms with Crippen molar-refractivity contribution in [2.24, 2.45) is 0 Å². The Morgan fingerprint density at radius 2 is 2.11 bits per heavy atom. The maximum absolute atomic E-state index is 13.3. The number of amides is 1. The molecule has 0 unspecified atom stereocenters. The SMILES string of the molecule is C[C@H](O)CNC(=O)c1cc([N+](=O)[O-])c(F)cc1F. The number of aliphatic hydroxyl groups excluding tert-OH is 1. The van der Waals surface area contributed by atoms with Gasteiger partial charge in [0.05, 0.1) is 16.6 Å². The van der Waals surface area contributed by atoms with E-state index in [2.05, 4.69) is 5.32 Å². The Labute approximate surface area is 100 Å². The fourth-order valence-corrected chi connectivity index (χ4v) is 1.19. The zero-order chi connectivity index (χ0) is 13.9. The molecule has 6 nitrogen and oxygen atoms in total. The normalized spacial score (nSPS) is 12.0. The lowest BCUT2D eigenvalue weighted by Gasteiger charge is -2.07. The van der Waals surface area contributed by atoms with Gasteiger partial charge in [0.1, 0.15) is 5.82 Å². The van der Waals surface area contributed by atoms with Crippen molar-refractivity contribution in [2.75, 3.05) is 6.54 Å². The molecule has 18 heavy (non-hydrogen) atoms. The lowest BCUT2D eigenvalue weighted by molar-refractivity contribution is -0.387. The number of aliphatic hydroxyl groups is 1. The van der Waals surface area contributed by atoms with E-state index in [1.165, 1.54) is 6.92 Å². The first-order chi connectivity index (χ1) is 8.32. The second-order valence-electron chi connectivity index (χ2n) is 3.60. The van der Waals surface area contributed by atoms with Crippen LogP contribution in [0.1, 0.15) is 17.3 Å². The predicted octanol–water partition coefficient (Wildman–Crippen LogP) is 0.984. The van der Waals surface area contributed by atoms with E-state index >= 15 is 0 Å². The van der Waals surface area contributed by atoms with E-state index in [0.29, 0.717) is 6.07 Å². The van der Waals surface area contributed by atoms with E-state index in [1.807, 2.05) is 0 Å². The van der Waals surface area contributed by atoms with Crippen molar-refractivity contribution < 1.29 is 23.6 Å². The summed E-state index contributed by atoms with van der Waals surface area (Å²) in [4.78, 5) is 20.8. The Morgan fingerprint density at radius 1 is 1.50 bits per heavy atom. The summed E-state index contributed by atoms with van der Waals surface area (Å²) in [5, 5.41) is 21.5. The van der Waals surface area contributed by atoms with Crippen LogP contribution >= 0.6 is 0 Å². The van der Waals surface area contributed by atoms with Gasteiger partial charge in [-0.1, -0.05) is 0 Å². The van der Waals surface area contributed by atoms with Crippen LogP contribution in [0.25, 0.3) is 0 Å². The van der Waals surface area contributed by atoms with Crippen LogP contribution in [-0.4, -0.2) is 28.6 Å². The number of carbonyl (C=O) groups excluding carboxylic acids is 1. The molecule has 1 amide bonds. The molecule has 1 aromatic rings. The minimum atomic E-state index is -1.36. The Hall–Kier alpha value is -2.09. The largest absolute Gasteiger partial charge is 0.392 e. The van der Waals surface area contributed by atoms with Crippen LogP contribution < -0.4 is 5.32 Å². The average Bonchev–Trinajstić information content (AvgIpc) is 2.25. The summed E-state index contributed by atoms with van der Waals surface area (Å²) in [6, 6.07) is 0.789. The van der Waals surface area contributed by atoms with Crippen molar-refractivity contribution in [3.63, 3.8) is 0 Å². The summed E-state index contributed by atoms with van der Waals surface area (Å²) >= 11 is 0. The number of nitro benzene ring substituents is 1. The average molecular weight is 260 g/mol. The van der Waals surface area contributed by atoms with Crippen LogP contribution in [0.2, 0.25) is 0 Å². The lowest BCUT2D eigenvalue weighted by atomic mass is 10.1. The van der Waals surface area contributed by atoms with Crippen LogP contribution in [0.4, 0.5) is 14.5 Å². The highest BCUT2D eigenvalue weighted by Crippen LogP contribution is 2.21. The number of nitro groups is 1. The lowest BCUT2D eigenvalue weighted by Crippen LogP contribution is -2.31. The highest BCUT2D eigenvalue weighted by Gasteiger charge is 2.22. The van der Waals surface area contributed by atoms with Gasteiger partial charge in [-0.2, -0.15) is 4.39 Å². The molecule has 1 aromatic carbocycles. The van der Waals surface area contributed by atoms with E-state index in [1.54, 1.807) is 0 Å². The van der Waals surface area contributed by atoms with Gasteiger partial charge in [-0.25, -0.2) is 4.39 Å². The van der Waals surface area contributed by atoms with Gasteiger partial charge in [-0.3, -0.25) is 14.9 Å². The van der Waals surface area contributed by atoms with Gasteiger partial charge in [-0.15, -0.1) is 0 Å². The summed E-state index contributed by atoms with van der Waals surface area (Å²) < 4.78 is 26.3. The van der Waals surface area contributed by atoms with E-state index in [4.69, 9.17) is 5.11 Å². The molecular formula is C10H10F2N2O4. The molecule has 1 rings (SSSR count). The molecule has 1 atom stereocenters. The topological polar surface area (TPSA) is 92.5 Å². The molecule has 0 aliphatic rings. The zero-order valence-electron chi connectivity index (χ0n) is 9.31. The summed E-state index contributed by atoms with van der Waals surface area (Å²) in [5.74, 6) is -3.53. The number of halogens is 2. The van der Waals surface area contributed by atoms with Crippen LogP contribution in [0.5, 0.6) is 0 Å². The van der Waals surface area contributed by atoms with E-state index in [0.717, 1.165) is 0 Å². The Bertz CT molecular complexity index is 491. The summed E-state index contributed by atoms with van der Waals surface area (Å²) in [7, 11) is 0. The number of nitrogens with zero attached hydrogens (tertiary/aromatic N) is 1. The zero-order valence-corrected chi connectivity index (χ0v) is 9.31. The molecule has 0 aliphatic carbocycles. The molecule has 0 aromatic heterocycles. The molecule has 2 N–H and O–H groups in total. The van der Waals surface area contributed by atoms with Gasteiger partial charge in [0.2, 0.25) is 5.82 Å². The second-order valence-corrected chi connectivity index (χ2v) is 3.60. The Balaban J connectivity index is 3.05. The predicted molar refractivity (Wildman–Crippen MR) is 57.0 cm³/mol. The molecule has 8 heteroatoms. The first-order valence-electron chi connectivity index (χ1n) is 4.92. The quantitative estimate of drug-likeness (QED) is 0.623. The van der Waals surface area contributed by atoms with Gasteiger partial charge in [0.15, 0.2) is 0 Å². The van der Waals surface area contributed by atoms with Gasteiger partial charge in [0, 0.05) is 18.7 Å². The smallest absolute Gasteiger partial charge is 0.305 e. The number of hydrogen-bond donors (Lipinski definition) is 2. The molecule has 0 radical (unpaired) electrons. The Kier molecular flexibility index (Phi) is 4.27. The molecule has 0 spiro atoms. The first-order valence-corrected chi connectivity index (χ1v) is 4.92. The monoisotopic (exact) mass is 260 g/mol. The van der Waals surface area contributed by atoms with Crippen molar-refractivity contribution in [3.05, 3.63) is 39.4 Å². The van der Waals surface area contributed by atoms with Crippen molar-refractivity contribution in [2.45, 2.75) is 13.0 Å². The number of nitrogens with one attached hydrogen (secondary N) is 1. The van der Waals surface area contributed by atoms with E-state index in [9.17, 15) is 23.7 Å². The summed E-state index contributed by atoms with van der Waals surface area (Å²) in [6.45, 7) is 1.24. The molecule has 0 bridgehead atoms. The van der Waals surface area contributed by atoms with Crippen LogP contribution in [0, 0.1) is 21.7 Å². The number of rotatable bonds is 4. The van der Waals surface area contributed by atoms with Crippen molar-refractivity contribution in [3.8, 4) is 0 Å². The van der Waals surface area contributed by atoms with Crippen LogP contribution in [0.15, 0.2) is 12.1 Å². The number of carbonyl (C=O) groups is 1. The second kappa shape index (κ2) is 5.50. The third-order valence-corrected chi connectivity index (χ3v) is 2.04. The third kappa shape index (κ3) is 3.20. The molecule has 98 valence electrons. The van der Waals surface area contributed by atoms with Crippen molar-refractivity contribution in [1.82, 2.24) is 5.32 Å². The highest BCUT2D eigenvalue weighted by atomic mass is 19.1.